The van der Waals surface area contributed by atoms with Crippen LogP contribution in [0.25, 0.3) is 22.2 Å². The van der Waals surface area contributed by atoms with E-state index in [0.717, 1.165) is 0 Å². The van der Waals surface area contributed by atoms with Crippen molar-refractivity contribution in [3.63, 3.8) is 0 Å². The Morgan fingerprint density at radius 3 is 2.53 bits per heavy atom. The number of benzene rings is 2. The number of hydrogen-bond acceptors (Lipinski definition) is 3. The summed E-state index contributed by atoms with van der Waals surface area (Å²) in [7, 11) is 1.52. The van der Waals surface area contributed by atoms with E-state index < -0.39 is 11.6 Å². The maximum absolute atomic E-state index is 13.7. The number of ether oxygens (including phenoxy) is 1. The van der Waals surface area contributed by atoms with Crippen molar-refractivity contribution in [3.8, 4) is 17.0 Å². The number of aromatic nitrogens is 1. The third-order valence-corrected chi connectivity index (χ3v) is 2.88. The van der Waals surface area contributed by atoms with Gasteiger partial charge in [-0.2, -0.15) is 0 Å². The van der Waals surface area contributed by atoms with Crippen LogP contribution in [0.2, 0.25) is 0 Å². The Morgan fingerprint density at radius 2 is 1.84 bits per heavy atom. The highest BCUT2D eigenvalue weighted by Gasteiger charge is 2.18. The fourth-order valence-electron chi connectivity index (χ4n) is 1.95. The molecule has 3 aromatic rings. The van der Waals surface area contributed by atoms with Crippen molar-refractivity contribution >= 4 is 11.0 Å². The van der Waals surface area contributed by atoms with Gasteiger partial charge in [-0.1, -0.05) is 11.2 Å². The van der Waals surface area contributed by atoms with Crippen LogP contribution in [-0.2, 0) is 0 Å². The van der Waals surface area contributed by atoms with Crippen LogP contribution in [0.3, 0.4) is 0 Å². The van der Waals surface area contributed by atoms with Gasteiger partial charge in [-0.25, -0.2) is 8.78 Å². The number of hydrogen-bond donors (Lipinski definition) is 0. The summed E-state index contributed by atoms with van der Waals surface area (Å²) in [5.74, 6) is -0.763. The maximum atomic E-state index is 13.7. The smallest absolute Gasteiger partial charge is 0.171 e. The van der Waals surface area contributed by atoms with Gasteiger partial charge in [0.15, 0.2) is 5.58 Å². The molecule has 0 spiro atoms. The predicted molar refractivity (Wildman–Crippen MR) is 65.9 cm³/mol. The zero-order valence-corrected chi connectivity index (χ0v) is 9.98. The number of fused-ring (bicyclic) bond motifs is 1. The van der Waals surface area contributed by atoms with Crippen LogP contribution in [0.5, 0.6) is 5.75 Å². The van der Waals surface area contributed by atoms with Gasteiger partial charge in [0, 0.05) is 6.07 Å². The molecule has 0 bridgehead atoms. The molecule has 0 N–H and O–H groups in total. The molecule has 0 aliphatic carbocycles. The van der Waals surface area contributed by atoms with Gasteiger partial charge in [-0.05, 0) is 24.3 Å². The third kappa shape index (κ3) is 1.83. The molecule has 3 rings (SSSR count). The molecule has 1 heterocycles. The van der Waals surface area contributed by atoms with Crippen LogP contribution in [0, 0.1) is 11.6 Å². The number of nitrogens with zero attached hydrogens (tertiary/aromatic N) is 1. The lowest BCUT2D eigenvalue weighted by atomic mass is 10.1. The minimum atomic E-state index is -0.675. The van der Waals surface area contributed by atoms with Crippen molar-refractivity contribution in [1.82, 2.24) is 5.16 Å². The van der Waals surface area contributed by atoms with Gasteiger partial charge in [0.2, 0.25) is 0 Å². The summed E-state index contributed by atoms with van der Waals surface area (Å²) >= 11 is 0. The molecule has 0 amide bonds. The topological polar surface area (TPSA) is 35.3 Å². The average molecular weight is 261 g/mol. The lowest BCUT2D eigenvalue weighted by Crippen LogP contribution is -1.90. The lowest BCUT2D eigenvalue weighted by Gasteiger charge is -2.01. The van der Waals surface area contributed by atoms with Gasteiger partial charge in [-0.15, -0.1) is 0 Å². The molecule has 0 atom stereocenters. The molecule has 96 valence electrons. The molecule has 0 radical (unpaired) electrons. The van der Waals surface area contributed by atoms with E-state index >= 15 is 0 Å². The van der Waals surface area contributed by atoms with Crippen LogP contribution in [0.1, 0.15) is 0 Å². The highest BCUT2D eigenvalue weighted by molar-refractivity contribution is 5.92. The van der Waals surface area contributed by atoms with Crippen LogP contribution >= 0.6 is 0 Å². The number of halogens is 2. The van der Waals surface area contributed by atoms with Crippen molar-refractivity contribution in [3.05, 3.63) is 48.0 Å². The van der Waals surface area contributed by atoms with Crippen LogP contribution in [-0.4, -0.2) is 12.3 Å². The molecule has 19 heavy (non-hydrogen) atoms. The van der Waals surface area contributed by atoms with Gasteiger partial charge in [0.05, 0.1) is 18.1 Å². The van der Waals surface area contributed by atoms with E-state index in [1.165, 1.54) is 25.3 Å². The second-order valence-corrected chi connectivity index (χ2v) is 3.99. The summed E-state index contributed by atoms with van der Waals surface area (Å²) in [6.45, 7) is 0. The van der Waals surface area contributed by atoms with Crippen molar-refractivity contribution in [2.75, 3.05) is 7.11 Å². The number of rotatable bonds is 2. The summed E-state index contributed by atoms with van der Waals surface area (Å²) in [4.78, 5) is 0. The van der Waals surface area contributed by atoms with Crippen molar-refractivity contribution in [2.45, 2.75) is 0 Å². The van der Waals surface area contributed by atoms with Crippen LogP contribution in [0.4, 0.5) is 8.78 Å². The SMILES string of the molecule is COc1ccc2c(-c3c(F)cccc3F)noc2c1. The first-order chi connectivity index (χ1) is 9.20. The predicted octanol–water partition coefficient (Wildman–Crippen LogP) is 3.78. The molecule has 0 fully saturated rings. The van der Waals surface area contributed by atoms with Crippen LogP contribution < -0.4 is 4.74 Å². The fourth-order valence-corrected chi connectivity index (χ4v) is 1.95. The van der Waals surface area contributed by atoms with Gasteiger partial charge in [0.1, 0.15) is 23.1 Å². The largest absolute Gasteiger partial charge is 0.497 e. The standard InChI is InChI=1S/C14H9F2NO2/c1-18-8-5-6-9-12(7-8)19-17-14(9)13-10(15)3-2-4-11(13)16/h2-7H,1H3. The molecular formula is C14H9F2NO2. The lowest BCUT2D eigenvalue weighted by molar-refractivity contribution is 0.412. The Kier molecular flexibility index (Phi) is 2.67. The van der Waals surface area contributed by atoms with Gasteiger partial charge < -0.3 is 9.26 Å². The van der Waals surface area contributed by atoms with Crippen molar-refractivity contribution in [2.24, 2.45) is 0 Å². The monoisotopic (exact) mass is 261 g/mol. The second kappa shape index (κ2) is 4.35. The molecule has 0 aliphatic heterocycles. The Morgan fingerprint density at radius 1 is 1.11 bits per heavy atom. The summed E-state index contributed by atoms with van der Waals surface area (Å²) in [6.07, 6.45) is 0. The molecule has 0 saturated carbocycles. The maximum Gasteiger partial charge on any atom is 0.171 e. The first-order valence-electron chi connectivity index (χ1n) is 5.58. The molecule has 1 aromatic heterocycles. The molecule has 2 aromatic carbocycles. The van der Waals surface area contributed by atoms with Gasteiger partial charge in [0.25, 0.3) is 0 Å². The molecule has 0 saturated heterocycles. The quantitative estimate of drug-likeness (QED) is 0.704. The summed E-state index contributed by atoms with van der Waals surface area (Å²) < 4.78 is 37.6. The molecule has 0 aliphatic rings. The zero-order chi connectivity index (χ0) is 13.4. The second-order valence-electron chi connectivity index (χ2n) is 3.99. The zero-order valence-electron chi connectivity index (χ0n) is 9.98. The Hall–Kier alpha value is -2.43. The highest BCUT2D eigenvalue weighted by atomic mass is 19.1. The van der Waals surface area contributed by atoms with Crippen LogP contribution in [0.15, 0.2) is 40.9 Å². The Labute approximate surface area is 107 Å². The van der Waals surface area contributed by atoms with E-state index in [1.807, 2.05) is 0 Å². The summed E-state index contributed by atoms with van der Waals surface area (Å²) in [5, 5.41) is 4.28. The van der Waals surface area contributed by atoms with E-state index in [2.05, 4.69) is 5.16 Å². The molecule has 5 heteroatoms. The molecule has 0 unspecified atom stereocenters. The van der Waals surface area contributed by atoms with E-state index in [0.29, 0.717) is 16.7 Å². The molecule has 3 nitrogen and oxygen atoms in total. The van der Waals surface area contributed by atoms with E-state index in [1.54, 1.807) is 18.2 Å². The van der Waals surface area contributed by atoms with Gasteiger partial charge in [-0.3, -0.25) is 0 Å². The summed E-state index contributed by atoms with van der Waals surface area (Å²) in [6, 6.07) is 8.63. The normalized spacial score (nSPS) is 10.9. The van der Waals surface area contributed by atoms with Crippen molar-refractivity contribution in [1.29, 1.82) is 0 Å². The van der Waals surface area contributed by atoms with Gasteiger partial charge >= 0.3 is 0 Å². The fraction of sp³-hybridized carbons (Fsp3) is 0.0714. The van der Waals surface area contributed by atoms with E-state index in [-0.39, 0.29) is 11.3 Å². The first kappa shape index (κ1) is 11.6. The minimum absolute atomic E-state index is 0.147. The highest BCUT2D eigenvalue weighted by Crippen LogP contribution is 2.33. The minimum Gasteiger partial charge on any atom is -0.497 e. The third-order valence-electron chi connectivity index (χ3n) is 2.88. The Balaban J connectivity index is 2.26. The average Bonchev–Trinajstić information content (AvgIpc) is 2.81. The van der Waals surface area contributed by atoms with E-state index in [4.69, 9.17) is 9.26 Å². The van der Waals surface area contributed by atoms with Crippen molar-refractivity contribution < 1.29 is 18.0 Å². The first-order valence-corrected chi connectivity index (χ1v) is 5.58. The molecular weight excluding hydrogens is 252 g/mol. The Bertz CT molecular complexity index is 732. The summed E-state index contributed by atoms with van der Waals surface area (Å²) in [5.41, 5.74) is 0.372. The number of methoxy groups -OCH3 is 1. The van der Waals surface area contributed by atoms with E-state index in [9.17, 15) is 8.78 Å².